The van der Waals surface area contributed by atoms with Crippen molar-refractivity contribution in [1.29, 1.82) is 0 Å². The Morgan fingerprint density at radius 1 is 0.677 bits per heavy atom. The maximum atomic E-state index is 13.4. The van der Waals surface area contributed by atoms with Crippen molar-refractivity contribution in [3.63, 3.8) is 0 Å². The first-order valence-corrected chi connectivity index (χ1v) is 8.13. The van der Waals surface area contributed by atoms with Crippen LogP contribution in [0.1, 0.15) is 12.8 Å². The largest absolute Gasteiger partial charge is 0.459 e. The normalized spacial score (nSPS) is 24.7. The smallest absolute Gasteiger partial charge is 0.369 e. The lowest BCUT2D eigenvalue weighted by molar-refractivity contribution is -0.367. The minimum absolute atomic E-state index is 0.276. The first kappa shape index (κ1) is 28.0. The molecule has 2 nitrogen and oxygen atoms in total. The Labute approximate surface area is 165 Å². The molecular weight excluding hydrogens is 478 g/mol. The molecular formula is C15H14F14O2. The third-order valence-corrected chi connectivity index (χ3v) is 4.38. The minimum Gasteiger partial charge on any atom is -0.369 e. The van der Waals surface area contributed by atoms with Gasteiger partial charge in [-0.25, -0.2) is 0 Å². The van der Waals surface area contributed by atoms with E-state index in [0.29, 0.717) is 0 Å². The van der Waals surface area contributed by atoms with Gasteiger partial charge in [-0.2, -0.15) is 61.5 Å². The van der Waals surface area contributed by atoms with Crippen LogP contribution >= 0.6 is 0 Å². The fourth-order valence-electron chi connectivity index (χ4n) is 2.52. The highest BCUT2D eigenvalue weighted by Gasteiger charge is 2.74. The average Bonchev–Trinajstić information content (AvgIpc) is 2.98. The Bertz CT molecular complexity index is 597. The molecule has 0 heterocycles. The third kappa shape index (κ3) is 5.47. The van der Waals surface area contributed by atoms with E-state index >= 15 is 0 Å². The van der Waals surface area contributed by atoms with Gasteiger partial charge in [0.05, 0.1) is 12.2 Å². The molecule has 1 aliphatic carbocycles. The van der Waals surface area contributed by atoms with Crippen molar-refractivity contribution in [3.8, 4) is 0 Å². The van der Waals surface area contributed by atoms with E-state index in [1.807, 2.05) is 0 Å². The molecule has 2 radical (unpaired) electrons. The highest BCUT2D eigenvalue weighted by molar-refractivity contribution is 5.01. The summed E-state index contributed by atoms with van der Waals surface area (Å²) in [7, 11) is 0. The molecule has 3 unspecified atom stereocenters. The molecule has 0 aromatic carbocycles. The van der Waals surface area contributed by atoms with Gasteiger partial charge in [-0.3, -0.25) is 0 Å². The Morgan fingerprint density at radius 3 is 1.42 bits per heavy atom. The van der Waals surface area contributed by atoms with Gasteiger partial charge < -0.3 is 9.47 Å². The zero-order chi connectivity index (χ0) is 24.7. The topological polar surface area (TPSA) is 18.5 Å². The Kier molecular flexibility index (Phi) is 7.86. The Morgan fingerprint density at radius 2 is 1.06 bits per heavy atom. The van der Waals surface area contributed by atoms with Crippen LogP contribution in [0.3, 0.4) is 0 Å². The first-order valence-electron chi connectivity index (χ1n) is 8.13. The zero-order valence-corrected chi connectivity index (χ0v) is 15.0. The second kappa shape index (κ2) is 8.71. The SMILES string of the molecule is [CH2]CC1C[CH]C(OCC(F)(F)C(F)(F)C(F)(F)F)C1OCC(F)(F)C(F)(F)C(F)(F)F. The Balaban J connectivity index is 2.93. The van der Waals surface area contributed by atoms with Gasteiger partial charge >= 0.3 is 36.0 Å². The van der Waals surface area contributed by atoms with Crippen LogP contribution in [-0.2, 0) is 9.47 Å². The molecule has 184 valence electrons. The molecule has 1 saturated carbocycles. The monoisotopic (exact) mass is 492 g/mol. The number of alkyl halides is 14. The molecule has 31 heavy (non-hydrogen) atoms. The molecule has 0 N–H and O–H groups in total. The van der Waals surface area contributed by atoms with E-state index in [2.05, 4.69) is 16.4 Å². The molecule has 0 spiro atoms. The molecule has 0 aromatic heterocycles. The predicted octanol–water partition coefficient (Wildman–Crippen LogP) is 5.87. The maximum Gasteiger partial charge on any atom is 0.459 e. The molecule has 3 atom stereocenters. The standard InChI is InChI=1S/C15H14F14O2/c1-2-7-3-4-8(30-5-10(16,17)12(20,21)14(24,25)26)9(7)31-6-11(18,19)13(22,23)15(27,28)29/h4,7-9H,1-3,5-6H2. The summed E-state index contributed by atoms with van der Waals surface area (Å²) in [6.45, 7) is -1.89. The molecule has 0 amide bonds. The lowest BCUT2D eigenvalue weighted by atomic mass is 10.0. The van der Waals surface area contributed by atoms with E-state index in [9.17, 15) is 61.5 Å². The maximum absolute atomic E-state index is 13.4. The number of hydrogen-bond acceptors (Lipinski definition) is 2. The first-order chi connectivity index (χ1) is 13.6. The van der Waals surface area contributed by atoms with Gasteiger partial charge in [0, 0.05) is 0 Å². The van der Waals surface area contributed by atoms with E-state index in [0.717, 1.165) is 6.42 Å². The summed E-state index contributed by atoms with van der Waals surface area (Å²) in [5, 5.41) is 0. The summed E-state index contributed by atoms with van der Waals surface area (Å²) in [5.74, 6) is -25.8. The van der Waals surface area contributed by atoms with Crippen molar-refractivity contribution in [2.24, 2.45) is 5.92 Å². The third-order valence-electron chi connectivity index (χ3n) is 4.38. The fourth-order valence-corrected chi connectivity index (χ4v) is 2.52. The molecule has 1 fully saturated rings. The molecule has 0 bridgehead atoms. The van der Waals surface area contributed by atoms with E-state index in [-0.39, 0.29) is 12.8 Å². The quantitative estimate of drug-likeness (QED) is 0.375. The molecule has 1 rings (SSSR count). The second-order valence-electron chi connectivity index (χ2n) is 6.62. The van der Waals surface area contributed by atoms with Gasteiger partial charge in [0.15, 0.2) is 0 Å². The van der Waals surface area contributed by atoms with E-state index in [1.165, 1.54) is 0 Å². The predicted molar refractivity (Wildman–Crippen MR) is 73.8 cm³/mol. The summed E-state index contributed by atoms with van der Waals surface area (Å²) in [6, 6.07) is 0. The summed E-state index contributed by atoms with van der Waals surface area (Å²) < 4.78 is 186. The number of ether oxygens (including phenoxy) is 2. The zero-order valence-electron chi connectivity index (χ0n) is 15.0. The molecule has 0 aliphatic heterocycles. The van der Waals surface area contributed by atoms with E-state index in [4.69, 9.17) is 0 Å². The van der Waals surface area contributed by atoms with Gasteiger partial charge in [0.1, 0.15) is 13.2 Å². The van der Waals surface area contributed by atoms with Gasteiger partial charge in [0.2, 0.25) is 0 Å². The number of halogens is 14. The van der Waals surface area contributed by atoms with Gasteiger partial charge in [-0.05, 0) is 25.2 Å². The lowest BCUT2D eigenvalue weighted by Crippen LogP contribution is -2.55. The lowest BCUT2D eigenvalue weighted by Gasteiger charge is -2.32. The van der Waals surface area contributed by atoms with Crippen molar-refractivity contribution >= 4 is 0 Å². The van der Waals surface area contributed by atoms with Crippen molar-refractivity contribution in [3.05, 3.63) is 13.3 Å². The van der Waals surface area contributed by atoms with Crippen LogP contribution in [0.5, 0.6) is 0 Å². The van der Waals surface area contributed by atoms with Crippen molar-refractivity contribution in [1.82, 2.24) is 0 Å². The number of rotatable bonds is 9. The van der Waals surface area contributed by atoms with E-state index < -0.39 is 67.4 Å². The van der Waals surface area contributed by atoms with Crippen LogP contribution in [0.25, 0.3) is 0 Å². The van der Waals surface area contributed by atoms with Gasteiger partial charge in [-0.15, -0.1) is 0 Å². The number of hydrogen-bond donors (Lipinski definition) is 0. The summed E-state index contributed by atoms with van der Waals surface area (Å²) >= 11 is 0. The van der Waals surface area contributed by atoms with Crippen molar-refractivity contribution < 1.29 is 70.9 Å². The van der Waals surface area contributed by atoms with Crippen LogP contribution in [0.2, 0.25) is 0 Å². The van der Waals surface area contributed by atoms with Crippen LogP contribution < -0.4 is 0 Å². The Hall–Kier alpha value is -1.06. The van der Waals surface area contributed by atoms with Crippen LogP contribution in [0, 0.1) is 19.3 Å². The van der Waals surface area contributed by atoms with Crippen LogP contribution in [-0.4, -0.2) is 61.5 Å². The summed E-state index contributed by atoms with van der Waals surface area (Å²) in [6.07, 6.45) is -17.0. The highest BCUT2D eigenvalue weighted by Crippen LogP contribution is 2.48. The summed E-state index contributed by atoms with van der Waals surface area (Å²) in [4.78, 5) is 0. The molecule has 1 aliphatic rings. The highest BCUT2D eigenvalue weighted by atomic mass is 19.4. The molecule has 0 aromatic rings. The summed E-state index contributed by atoms with van der Waals surface area (Å²) in [5.41, 5.74) is 0. The van der Waals surface area contributed by atoms with Gasteiger partial charge in [-0.1, -0.05) is 6.92 Å². The molecule has 16 heteroatoms. The fraction of sp³-hybridized carbons (Fsp3) is 0.867. The second-order valence-corrected chi connectivity index (χ2v) is 6.62. The van der Waals surface area contributed by atoms with E-state index in [1.54, 1.807) is 0 Å². The van der Waals surface area contributed by atoms with Crippen LogP contribution in [0.4, 0.5) is 61.5 Å². The van der Waals surface area contributed by atoms with Crippen molar-refractivity contribution in [2.45, 2.75) is 61.1 Å². The van der Waals surface area contributed by atoms with Crippen LogP contribution in [0.15, 0.2) is 0 Å². The minimum atomic E-state index is -6.67. The average molecular weight is 492 g/mol. The molecule has 0 saturated heterocycles. The van der Waals surface area contributed by atoms with Gasteiger partial charge in [0.25, 0.3) is 0 Å². The van der Waals surface area contributed by atoms with Crippen molar-refractivity contribution in [2.75, 3.05) is 13.2 Å².